The number of carbonyl (C=O) groups is 1. The first-order valence-electron chi connectivity index (χ1n) is 4.56. The molecule has 3 saturated heterocycles. The van der Waals surface area contributed by atoms with Gasteiger partial charge < -0.3 is 5.32 Å². The summed E-state index contributed by atoms with van der Waals surface area (Å²) in [5.74, 6) is 0.179. The summed E-state index contributed by atoms with van der Waals surface area (Å²) in [7, 11) is 0. The summed E-state index contributed by atoms with van der Waals surface area (Å²) < 4.78 is 0. The highest BCUT2D eigenvalue weighted by molar-refractivity contribution is 5.78. The van der Waals surface area contributed by atoms with Crippen molar-refractivity contribution in [1.82, 2.24) is 15.1 Å². The minimum atomic E-state index is 0.179. The molecule has 0 atom stereocenters. The van der Waals surface area contributed by atoms with Gasteiger partial charge in [0, 0.05) is 39.3 Å². The quantitative estimate of drug-likeness (QED) is 0.491. The molecule has 3 aliphatic heterocycles. The van der Waals surface area contributed by atoms with Crippen LogP contribution in [0.5, 0.6) is 0 Å². The maximum absolute atomic E-state index is 11.2. The second-order valence-corrected chi connectivity index (χ2v) is 3.47. The monoisotopic (exact) mass is 169 g/mol. The van der Waals surface area contributed by atoms with Gasteiger partial charge in [-0.2, -0.15) is 0 Å². The van der Waals surface area contributed by atoms with E-state index in [0.717, 1.165) is 39.3 Å². The zero-order valence-corrected chi connectivity index (χ0v) is 7.25. The second-order valence-electron chi connectivity index (χ2n) is 3.47. The van der Waals surface area contributed by atoms with Crippen LogP contribution in [0.4, 0.5) is 0 Å². The van der Waals surface area contributed by atoms with E-state index in [1.807, 2.05) is 0 Å². The number of hydrogen-bond donors (Lipinski definition) is 1. The fourth-order valence-electron chi connectivity index (χ4n) is 1.78. The maximum Gasteiger partial charge on any atom is 0.234 e. The van der Waals surface area contributed by atoms with Crippen LogP contribution in [-0.2, 0) is 4.79 Å². The van der Waals surface area contributed by atoms with Gasteiger partial charge >= 0.3 is 0 Å². The maximum atomic E-state index is 11.2. The zero-order chi connectivity index (χ0) is 8.39. The number of carbonyl (C=O) groups excluding carboxylic acids is 1. The van der Waals surface area contributed by atoms with Crippen LogP contribution in [0.25, 0.3) is 0 Å². The Hall–Kier alpha value is -0.610. The van der Waals surface area contributed by atoms with Crippen molar-refractivity contribution in [2.45, 2.75) is 0 Å². The highest BCUT2D eigenvalue weighted by Crippen LogP contribution is 2.01. The number of nitrogens with one attached hydrogen (secondary N) is 1. The summed E-state index contributed by atoms with van der Waals surface area (Å²) in [6.45, 7) is 6.75. The minimum Gasteiger partial charge on any atom is -0.354 e. The number of nitrogens with zero attached hydrogens (tertiary/aromatic N) is 2. The van der Waals surface area contributed by atoms with Gasteiger partial charge in [0.25, 0.3) is 0 Å². The normalized spacial score (nSPS) is 36.5. The first-order valence-corrected chi connectivity index (χ1v) is 4.56. The predicted molar refractivity (Wildman–Crippen MR) is 45.9 cm³/mol. The lowest BCUT2D eigenvalue weighted by Crippen LogP contribution is -2.46. The van der Waals surface area contributed by atoms with Gasteiger partial charge in [-0.15, -0.1) is 0 Å². The molecular formula is C8H15N3O. The Balaban J connectivity index is 2.00. The van der Waals surface area contributed by atoms with Crippen LogP contribution >= 0.6 is 0 Å². The lowest BCUT2D eigenvalue weighted by molar-refractivity contribution is -0.122. The van der Waals surface area contributed by atoms with Crippen molar-refractivity contribution in [3.8, 4) is 0 Å². The molecule has 3 heterocycles. The topological polar surface area (TPSA) is 35.6 Å². The zero-order valence-electron chi connectivity index (χ0n) is 7.25. The molecular weight excluding hydrogens is 154 g/mol. The number of amides is 1. The number of fused-ring (bicyclic) bond motifs is 6. The van der Waals surface area contributed by atoms with E-state index in [4.69, 9.17) is 0 Å². The highest BCUT2D eigenvalue weighted by atomic mass is 16.2. The van der Waals surface area contributed by atoms with Gasteiger partial charge in [0.05, 0.1) is 6.54 Å². The van der Waals surface area contributed by atoms with Crippen molar-refractivity contribution in [2.75, 3.05) is 45.8 Å². The molecule has 3 aliphatic rings. The molecule has 0 radical (unpaired) electrons. The number of piperazine rings is 1. The summed E-state index contributed by atoms with van der Waals surface area (Å²) in [6, 6.07) is 0. The van der Waals surface area contributed by atoms with E-state index in [9.17, 15) is 4.79 Å². The first-order chi connectivity index (χ1) is 5.84. The molecule has 1 N–H and O–H groups in total. The Morgan fingerprint density at radius 1 is 1.00 bits per heavy atom. The Labute approximate surface area is 72.5 Å². The molecule has 0 saturated carbocycles. The fraction of sp³-hybridized carbons (Fsp3) is 0.875. The predicted octanol–water partition coefficient (Wildman–Crippen LogP) is -1.27. The van der Waals surface area contributed by atoms with Crippen molar-refractivity contribution in [3.05, 3.63) is 0 Å². The summed E-state index contributed by atoms with van der Waals surface area (Å²) in [5.41, 5.74) is 0. The van der Waals surface area contributed by atoms with Gasteiger partial charge in [-0.3, -0.25) is 14.6 Å². The van der Waals surface area contributed by atoms with Crippen LogP contribution in [0, 0.1) is 0 Å². The molecule has 12 heavy (non-hydrogen) atoms. The van der Waals surface area contributed by atoms with E-state index in [-0.39, 0.29) is 5.91 Å². The van der Waals surface area contributed by atoms with Crippen molar-refractivity contribution in [2.24, 2.45) is 0 Å². The number of hydrogen-bond acceptors (Lipinski definition) is 3. The van der Waals surface area contributed by atoms with Crippen LogP contribution in [0.1, 0.15) is 0 Å². The summed E-state index contributed by atoms with van der Waals surface area (Å²) in [4.78, 5) is 15.8. The largest absolute Gasteiger partial charge is 0.354 e. The van der Waals surface area contributed by atoms with E-state index in [1.165, 1.54) is 0 Å². The minimum absolute atomic E-state index is 0.179. The van der Waals surface area contributed by atoms with Gasteiger partial charge in [-0.05, 0) is 0 Å². The summed E-state index contributed by atoms with van der Waals surface area (Å²) in [5, 5.41) is 2.90. The number of rotatable bonds is 0. The SMILES string of the molecule is O=C1CN2CCN(CCN1)CC2. The van der Waals surface area contributed by atoms with Crippen LogP contribution in [0.3, 0.4) is 0 Å². The average molecular weight is 169 g/mol. The Kier molecular flexibility index (Phi) is 2.28. The van der Waals surface area contributed by atoms with Crippen LogP contribution in [0.2, 0.25) is 0 Å². The molecule has 4 heteroatoms. The third-order valence-corrected chi connectivity index (χ3v) is 2.58. The van der Waals surface area contributed by atoms with E-state index >= 15 is 0 Å². The van der Waals surface area contributed by atoms with Crippen LogP contribution in [-0.4, -0.2) is 61.5 Å². The molecule has 0 aromatic rings. The van der Waals surface area contributed by atoms with E-state index in [0.29, 0.717) is 6.54 Å². The van der Waals surface area contributed by atoms with Gasteiger partial charge in [0.15, 0.2) is 0 Å². The molecule has 3 rings (SSSR count). The second kappa shape index (κ2) is 3.41. The lowest BCUT2D eigenvalue weighted by atomic mass is 10.3. The molecule has 2 bridgehead atoms. The smallest absolute Gasteiger partial charge is 0.234 e. The Morgan fingerprint density at radius 3 is 2.42 bits per heavy atom. The molecule has 0 spiro atoms. The molecule has 4 nitrogen and oxygen atoms in total. The summed E-state index contributed by atoms with van der Waals surface area (Å²) in [6.07, 6.45) is 0. The first kappa shape index (κ1) is 8.01. The lowest BCUT2D eigenvalue weighted by Gasteiger charge is -2.32. The Morgan fingerprint density at radius 2 is 1.67 bits per heavy atom. The van der Waals surface area contributed by atoms with Crippen molar-refractivity contribution in [3.63, 3.8) is 0 Å². The van der Waals surface area contributed by atoms with Gasteiger partial charge in [0.2, 0.25) is 5.91 Å². The molecule has 68 valence electrons. The van der Waals surface area contributed by atoms with Gasteiger partial charge in [-0.1, -0.05) is 0 Å². The van der Waals surface area contributed by atoms with Crippen LogP contribution < -0.4 is 5.32 Å². The van der Waals surface area contributed by atoms with Crippen LogP contribution in [0.15, 0.2) is 0 Å². The van der Waals surface area contributed by atoms with Crippen molar-refractivity contribution < 1.29 is 4.79 Å². The summed E-state index contributed by atoms with van der Waals surface area (Å²) >= 11 is 0. The molecule has 0 unspecified atom stereocenters. The van der Waals surface area contributed by atoms with Gasteiger partial charge in [-0.25, -0.2) is 0 Å². The van der Waals surface area contributed by atoms with E-state index in [1.54, 1.807) is 0 Å². The Bertz CT molecular complexity index is 175. The third-order valence-electron chi connectivity index (χ3n) is 2.58. The van der Waals surface area contributed by atoms with Gasteiger partial charge in [0.1, 0.15) is 0 Å². The third kappa shape index (κ3) is 1.76. The highest BCUT2D eigenvalue weighted by Gasteiger charge is 2.20. The molecule has 1 amide bonds. The molecule has 0 aromatic heterocycles. The van der Waals surface area contributed by atoms with E-state index in [2.05, 4.69) is 15.1 Å². The molecule has 0 aromatic carbocycles. The molecule has 0 aliphatic carbocycles. The molecule has 3 fully saturated rings. The average Bonchev–Trinajstić information content (AvgIpc) is 2.19. The fourth-order valence-corrected chi connectivity index (χ4v) is 1.78. The van der Waals surface area contributed by atoms with Crippen molar-refractivity contribution >= 4 is 5.91 Å². The standard InChI is InChI=1S/C8H15N3O/c12-8-7-11-5-3-10(4-6-11)2-1-9-8/h1-7H2,(H,9,12). The van der Waals surface area contributed by atoms with Crippen molar-refractivity contribution in [1.29, 1.82) is 0 Å². The van der Waals surface area contributed by atoms with E-state index < -0.39 is 0 Å².